The summed E-state index contributed by atoms with van der Waals surface area (Å²) in [6.07, 6.45) is 1.02. The molecule has 3 heteroatoms. The standard InChI is InChI=1S/C11H19NOS/c1-11(2,13-4)10(12-3)8-9-6-5-7-14-9/h5-7,10,12H,8H2,1-4H3. The molecule has 1 aromatic rings. The fourth-order valence-electron chi connectivity index (χ4n) is 1.47. The first kappa shape index (κ1) is 11.7. The molecule has 1 heterocycles. The molecule has 0 radical (unpaired) electrons. The lowest BCUT2D eigenvalue weighted by atomic mass is 9.95. The van der Waals surface area contributed by atoms with Crippen molar-refractivity contribution in [1.29, 1.82) is 0 Å². The summed E-state index contributed by atoms with van der Waals surface area (Å²) >= 11 is 1.80. The minimum Gasteiger partial charge on any atom is -0.377 e. The van der Waals surface area contributed by atoms with Gasteiger partial charge in [-0.3, -0.25) is 0 Å². The topological polar surface area (TPSA) is 21.3 Å². The molecule has 0 bridgehead atoms. The predicted molar refractivity (Wildman–Crippen MR) is 62.0 cm³/mol. The third-order valence-corrected chi connectivity index (χ3v) is 3.60. The van der Waals surface area contributed by atoms with Crippen molar-refractivity contribution in [3.05, 3.63) is 22.4 Å². The van der Waals surface area contributed by atoms with Gasteiger partial charge in [0.15, 0.2) is 0 Å². The Morgan fingerprint density at radius 3 is 2.71 bits per heavy atom. The van der Waals surface area contributed by atoms with E-state index < -0.39 is 0 Å². The predicted octanol–water partition coefficient (Wildman–Crippen LogP) is 2.30. The van der Waals surface area contributed by atoms with Crippen LogP contribution in [0.1, 0.15) is 18.7 Å². The molecule has 1 N–H and O–H groups in total. The maximum Gasteiger partial charge on any atom is 0.0778 e. The van der Waals surface area contributed by atoms with Crippen molar-refractivity contribution >= 4 is 11.3 Å². The summed E-state index contributed by atoms with van der Waals surface area (Å²) in [5.41, 5.74) is -0.126. The molecule has 0 saturated heterocycles. The second-order valence-electron chi connectivity index (χ2n) is 3.93. The van der Waals surface area contributed by atoms with Gasteiger partial charge in [0, 0.05) is 18.0 Å². The number of rotatable bonds is 5. The highest BCUT2D eigenvalue weighted by Gasteiger charge is 2.28. The van der Waals surface area contributed by atoms with Crippen LogP contribution in [0.2, 0.25) is 0 Å². The molecule has 1 aromatic heterocycles. The lowest BCUT2D eigenvalue weighted by molar-refractivity contribution is -0.00776. The molecule has 0 aromatic carbocycles. The largest absolute Gasteiger partial charge is 0.377 e. The van der Waals surface area contributed by atoms with Gasteiger partial charge in [0.05, 0.1) is 5.60 Å². The smallest absolute Gasteiger partial charge is 0.0778 e. The molecule has 1 atom stereocenters. The van der Waals surface area contributed by atoms with Crippen molar-refractivity contribution in [3.63, 3.8) is 0 Å². The van der Waals surface area contributed by atoms with Crippen molar-refractivity contribution in [2.45, 2.75) is 31.9 Å². The summed E-state index contributed by atoms with van der Waals surface area (Å²) in [6.45, 7) is 4.23. The van der Waals surface area contributed by atoms with Crippen LogP contribution in [0, 0.1) is 0 Å². The Labute approximate surface area is 90.3 Å². The summed E-state index contributed by atoms with van der Waals surface area (Å²) in [4.78, 5) is 1.40. The summed E-state index contributed by atoms with van der Waals surface area (Å²) in [7, 11) is 3.75. The number of thiophene rings is 1. The highest BCUT2D eigenvalue weighted by Crippen LogP contribution is 2.20. The van der Waals surface area contributed by atoms with Crippen LogP contribution in [-0.4, -0.2) is 25.8 Å². The van der Waals surface area contributed by atoms with Gasteiger partial charge < -0.3 is 10.1 Å². The van der Waals surface area contributed by atoms with Gasteiger partial charge in [0.2, 0.25) is 0 Å². The van der Waals surface area contributed by atoms with E-state index in [2.05, 4.69) is 36.7 Å². The SMILES string of the molecule is CNC(Cc1cccs1)C(C)(C)OC. The van der Waals surface area contributed by atoms with Gasteiger partial charge in [0.1, 0.15) is 0 Å². The van der Waals surface area contributed by atoms with E-state index in [1.54, 1.807) is 18.4 Å². The maximum atomic E-state index is 5.48. The number of ether oxygens (including phenoxy) is 1. The van der Waals surface area contributed by atoms with Gasteiger partial charge in [-0.2, -0.15) is 0 Å². The van der Waals surface area contributed by atoms with E-state index in [1.807, 2.05) is 7.05 Å². The number of hydrogen-bond donors (Lipinski definition) is 1. The normalized spacial score (nSPS) is 14.3. The van der Waals surface area contributed by atoms with Crippen LogP contribution < -0.4 is 5.32 Å². The first-order valence-electron chi connectivity index (χ1n) is 4.85. The van der Waals surface area contributed by atoms with Crippen LogP contribution >= 0.6 is 11.3 Å². The zero-order valence-corrected chi connectivity index (χ0v) is 10.1. The summed E-state index contributed by atoms with van der Waals surface area (Å²) in [5.74, 6) is 0. The van der Waals surface area contributed by atoms with Crippen LogP contribution in [0.4, 0.5) is 0 Å². The van der Waals surface area contributed by atoms with E-state index in [9.17, 15) is 0 Å². The van der Waals surface area contributed by atoms with Gasteiger partial charge in [-0.05, 0) is 38.8 Å². The summed E-state index contributed by atoms with van der Waals surface area (Å²) in [6, 6.07) is 4.61. The van der Waals surface area contributed by atoms with Crippen LogP contribution in [0.5, 0.6) is 0 Å². The highest BCUT2D eigenvalue weighted by molar-refractivity contribution is 7.09. The average Bonchev–Trinajstić information content (AvgIpc) is 2.66. The molecule has 0 saturated carbocycles. The summed E-state index contributed by atoms with van der Waals surface area (Å²) < 4.78 is 5.48. The molecular formula is C11H19NOS. The van der Waals surface area contributed by atoms with Crippen molar-refractivity contribution in [2.75, 3.05) is 14.2 Å². The lowest BCUT2D eigenvalue weighted by Crippen LogP contribution is -2.47. The van der Waals surface area contributed by atoms with E-state index >= 15 is 0 Å². The van der Waals surface area contributed by atoms with Gasteiger partial charge in [-0.25, -0.2) is 0 Å². The number of nitrogens with one attached hydrogen (secondary N) is 1. The van der Waals surface area contributed by atoms with Crippen molar-refractivity contribution in [1.82, 2.24) is 5.32 Å². The first-order chi connectivity index (χ1) is 6.60. The Kier molecular flexibility index (Phi) is 4.11. The third kappa shape index (κ3) is 2.80. The molecule has 0 spiro atoms. The van der Waals surface area contributed by atoms with Crippen LogP contribution in [0.25, 0.3) is 0 Å². The molecule has 0 aliphatic heterocycles. The number of hydrogen-bond acceptors (Lipinski definition) is 3. The zero-order valence-electron chi connectivity index (χ0n) is 9.33. The van der Waals surface area contributed by atoms with Crippen LogP contribution in [0.3, 0.4) is 0 Å². The van der Waals surface area contributed by atoms with Gasteiger partial charge >= 0.3 is 0 Å². The Balaban J connectivity index is 2.64. The highest BCUT2D eigenvalue weighted by atomic mass is 32.1. The zero-order chi connectivity index (χ0) is 10.6. The number of likely N-dealkylation sites (N-methyl/N-ethyl adjacent to an activating group) is 1. The Morgan fingerprint density at radius 2 is 2.29 bits per heavy atom. The fourth-order valence-corrected chi connectivity index (χ4v) is 2.22. The van der Waals surface area contributed by atoms with Gasteiger partial charge in [0.25, 0.3) is 0 Å². The first-order valence-corrected chi connectivity index (χ1v) is 5.73. The number of methoxy groups -OCH3 is 1. The molecular weight excluding hydrogens is 194 g/mol. The minimum absolute atomic E-state index is 0.126. The Morgan fingerprint density at radius 1 is 1.57 bits per heavy atom. The summed E-state index contributed by atoms with van der Waals surface area (Å²) in [5, 5.41) is 5.43. The van der Waals surface area contributed by atoms with E-state index in [0.29, 0.717) is 6.04 Å². The van der Waals surface area contributed by atoms with Crippen LogP contribution in [0.15, 0.2) is 17.5 Å². The second kappa shape index (κ2) is 4.91. The van der Waals surface area contributed by atoms with Crippen molar-refractivity contribution in [3.8, 4) is 0 Å². The Bertz CT molecular complexity index is 256. The van der Waals surface area contributed by atoms with E-state index in [-0.39, 0.29) is 5.60 Å². The van der Waals surface area contributed by atoms with Crippen molar-refractivity contribution in [2.24, 2.45) is 0 Å². The van der Waals surface area contributed by atoms with E-state index in [4.69, 9.17) is 4.74 Å². The minimum atomic E-state index is -0.126. The molecule has 0 aliphatic rings. The average molecular weight is 213 g/mol. The van der Waals surface area contributed by atoms with E-state index in [1.165, 1.54) is 4.88 Å². The lowest BCUT2D eigenvalue weighted by Gasteiger charge is -2.32. The molecule has 80 valence electrons. The molecule has 1 unspecified atom stereocenters. The van der Waals surface area contributed by atoms with Crippen LogP contribution in [-0.2, 0) is 11.2 Å². The molecule has 2 nitrogen and oxygen atoms in total. The van der Waals surface area contributed by atoms with Gasteiger partial charge in [-0.15, -0.1) is 11.3 Å². The Hall–Kier alpha value is -0.380. The quantitative estimate of drug-likeness (QED) is 0.810. The molecule has 1 rings (SSSR count). The maximum absolute atomic E-state index is 5.48. The second-order valence-corrected chi connectivity index (χ2v) is 4.96. The molecule has 14 heavy (non-hydrogen) atoms. The molecule has 0 aliphatic carbocycles. The monoisotopic (exact) mass is 213 g/mol. The van der Waals surface area contributed by atoms with Crippen molar-refractivity contribution < 1.29 is 4.74 Å². The third-order valence-electron chi connectivity index (χ3n) is 2.70. The molecule has 0 amide bonds. The molecule has 0 fully saturated rings. The van der Waals surface area contributed by atoms with Gasteiger partial charge in [-0.1, -0.05) is 6.07 Å². The fraction of sp³-hybridized carbons (Fsp3) is 0.636. The van der Waals surface area contributed by atoms with E-state index in [0.717, 1.165) is 6.42 Å².